The van der Waals surface area contributed by atoms with Gasteiger partial charge in [-0.05, 0) is 24.7 Å². The van der Waals surface area contributed by atoms with Crippen LogP contribution >= 0.6 is 10.7 Å². The standard InChI is InChI=1S/C10H19ClO4S/c1-9(8-16(11,12)13)6-15-7-10-2-4-14-5-3-10/h9-10H,2-8H2,1H3. The van der Waals surface area contributed by atoms with Gasteiger partial charge < -0.3 is 9.47 Å². The van der Waals surface area contributed by atoms with Gasteiger partial charge in [0.15, 0.2) is 0 Å². The lowest BCUT2D eigenvalue weighted by molar-refractivity contribution is 0.0145. The molecule has 1 atom stereocenters. The van der Waals surface area contributed by atoms with Crippen LogP contribution in [0.4, 0.5) is 0 Å². The summed E-state index contributed by atoms with van der Waals surface area (Å²) in [4.78, 5) is 0. The number of halogens is 1. The van der Waals surface area contributed by atoms with Crippen molar-refractivity contribution in [3.8, 4) is 0 Å². The summed E-state index contributed by atoms with van der Waals surface area (Å²) in [5.41, 5.74) is 0. The minimum Gasteiger partial charge on any atom is -0.381 e. The van der Waals surface area contributed by atoms with Gasteiger partial charge >= 0.3 is 0 Å². The molecule has 0 N–H and O–H groups in total. The zero-order valence-electron chi connectivity index (χ0n) is 9.52. The van der Waals surface area contributed by atoms with Gasteiger partial charge in [0, 0.05) is 30.5 Å². The lowest BCUT2D eigenvalue weighted by Gasteiger charge is -2.22. The Balaban J connectivity index is 2.10. The number of hydrogen-bond donors (Lipinski definition) is 0. The summed E-state index contributed by atoms with van der Waals surface area (Å²) >= 11 is 0. The average molecular weight is 271 g/mol. The van der Waals surface area contributed by atoms with Gasteiger partial charge in [0.25, 0.3) is 0 Å². The van der Waals surface area contributed by atoms with Crippen molar-refractivity contribution in [2.24, 2.45) is 11.8 Å². The maximum atomic E-state index is 10.8. The highest BCUT2D eigenvalue weighted by Gasteiger charge is 2.16. The monoisotopic (exact) mass is 270 g/mol. The Kier molecular flexibility index (Phi) is 6.03. The first-order chi connectivity index (χ1) is 7.47. The molecule has 0 spiro atoms. The van der Waals surface area contributed by atoms with E-state index in [9.17, 15) is 8.42 Å². The topological polar surface area (TPSA) is 52.6 Å². The first-order valence-electron chi connectivity index (χ1n) is 5.55. The minimum absolute atomic E-state index is 0.0255. The summed E-state index contributed by atoms with van der Waals surface area (Å²) in [7, 11) is 1.75. The lowest BCUT2D eigenvalue weighted by Crippen LogP contribution is -2.22. The molecule has 0 aromatic carbocycles. The second-order valence-electron chi connectivity index (χ2n) is 4.40. The molecule has 96 valence electrons. The highest BCUT2D eigenvalue weighted by Crippen LogP contribution is 2.15. The van der Waals surface area contributed by atoms with Crippen LogP contribution in [-0.2, 0) is 18.5 Å². The Morgan fingerprint density at radius 2 is 2.06 bits per heavy atom. The van der Waals surface area contributed by atoms with E-state index in [0.29, 0.717) is 19.1 Å². The third-order valence-corrected chi connectivity index (χ3v) is 3.93. The predicted molar refractivity (Wildman–Crippen MR) is 63.2 cm³/mol. The van der Waals surface area contributed by atoms with Crippen LogP contribution in [0.15, 0.2) is 0 Å². The van der Waals surface area contributed by atoms with Crippen molar-refractivity contribution in [1.82, 2.24) is 0 Å². The highest BCUT2D eigenvalue weighted by molar-refractivity contribution is 8.13. The summed E-state index contributed by atoms with van der Waals surface area (Å²) in [6, 6.07) is 0. The van der Waals surface area contributed by atoms with Crippen molar-refractivity contribution in [2.75, 3.05) is 32.2 Å². The third-order valence-electron chi connectivity index (χ3n) is 2.58. The molecule has 16 heavy (non-hydrogen) atoms. The Morgan fingerprint density at radius 3 is 2.62 bits per heavy atom. The molecule has 1 rings (SSSR count). The molecule has 0 bridgehead atoms. The molecule has 6 heteroatoms. The van der Waals surface area contributed by atoms with Crippen LogP contribution in [0.5, 0.6) is 0 Å². The summed E-state index contributed by atoms with van der Waals surface area (Å²) in [6.07, 6.45) is 2.06. The molecule has 1 aliphatic heterocycles. The molecule has 1 fully saturated rings. The molecule has 0 saturated carbocycles. The maximum absolute atomic E-state index is 10.8. The molecule has 0 aromatic heterocycles. The third kappa shape index (κ3) is 6.68. The molecule has 1 saturated heterocycles. The Bertz CT molecular complexity index is 285. The van der Waals surface area contributed by atoms with Crippen molar-refractivity contribution >= 4 is 19.7 Å². The van der Waals surface area contributed by atoms with Crippen molar-refractivity contribution < 1.29 is 17.9 Å². The van der Waals surface area contributed by atoms with Crippen LogP contribution in [0, 0.1) is 11.8 Å². The second kappa shape index (κ2) is 6.79. The number of rotatable bonds is 6. The Labute approximate surface area is 102 Å². The molecule has 0 amide bonds. The molecule has 0 radical (unpaired) electrons. The molecular weight excluding hydrogens is 252 g/mol. The summed E-state index contributed by atoms with van der Waals surface area (Å²) in [6.45, 7) is 4.57. The van der Waals surface area contributed by atoms with Gasteiger partial charge in [-0.25, -0.2) is 8.42 Å². The first kappa shape index (κ1) is 14.2. The number of hydrogen-bond acceptors (Lipinski definition) is 4. The van der Waals surface area contributed by atoms with Gasteiger partial charge in [-0.3, -0.25) is 0 Å². The van der Waals surface area contributed by atoms with Crippen LogP contribution in [0.25, 0.3) is 0 Å². The van der Waals surface area contributed by atoms with E-state index in [0.717, 1.165) is 26.1 Å². The summed E-state index contributed by atoms with van der Waals surface area (Å²) < 4.78 is 32.3. The van der Waals surface area contributed by atoms with Gasteiger partial charge in [-0.15, -0.1) is 0 Å². The molecular formula is C10H19ClO4S. The Hall–Kier alpha value is 0.160. The van der Waals surface area contributed by atoms with Gasteiger partial charge in [-0.2, -0.15) is 0 Å². The fraction of sp³-hybridized carbons (Fsp3) is 1.00. The molecule has 0 aliphatic carbocycles. The van der Waals surface area contributed by atoms with E-state index in [2.05, 4.69) is 0 Å². The Morgan fingerprint density at radius 1 is 1.44 bits per heavy atom. The first-order valence-corrected chi connectivity index (χ1v) is 8.03. The predicted octanol–water partition coefficient (Wildman–Crippen LogP) is 1.63. The van der Waals surface area contributed by atoms with E-state index in [1.54, 1.807) is 0 Å². The largest absolute Gasteiger partial charge is 0.381 e. The number of ether oxygens (including phenoxy) is 2. The zero-order chi connectivity index (χ0) is 12.0. The fourth-order valence-electron chi connectivity index (χ4n) is 1.74. The lowest BCUT2D eigenvalue weighted by atomic mass is 10.0. The average Bonchev–Trinajstić information content (AvgIpc) is 2.16. The molecule has 1 heterocycles. The smallest absolute Gasteiger partial charge is 0.232 e. The van der Waals surface area contributed by atoms with Crippen molar-refractivity contribution in [2.45, 2.75) is 19.8 Å². The molecule has 1 aliphatic rings. The van der Waals surface area contributed by atoms with E-state index in [1.807, 2.05) is 6.92 Å². The second-order valence-corrected chi connectivity index (χ2v) is 7.23. The van der Waals surface area contributed by atoms with Crippen LogP contribution in [0.2, 0.25) is 0 Å². The fourth-order valence-corrected chi connectivity index (χ4v) is 3.16. The molecule has 4 nitrogen and oxygen atoms in total. The van der Waals surface area contributed by atoms with Crippen LogP contribution in [0.1, 0.15) is 19.8 Å². The summed E-state index contributed by atoms with van der Waals surface area (Å²) in [5, 5.41) is 0. The van der Waals surface area contributed by atoms with Crippen molar-refractivity contribution in [1.29, 1.82) is 0 Å². The summed E-state index contributed by atoms with van der Waals surface area (Å²) in [5.74, 6) is 0.471. The van der Waals surface area contributed by atoms with Crippen molar-refractivity contribution in [3.05, 3.63) is 0 Å². The quantitative estimate of drug-likeness (QED) is 0.689. The van der Waals surface area contributed by atoms with E-state index < -0.39 is 9.05 Å². The van der Waals surface area contributed by atoms with Crippen LogP contribution < -0.4 is 0 Å². The zero-order valence-corrected chi connectivity index (χ0v) is 11.1. The minimum atomic E-state index is -3.41. The highest BCUT2D eigenvalue weighted by atomic mass is 35.7. The van der Waals surface area contributed by atoms with Crippen LogP contribution in [0.3, 0.4) is 0 Å². The molecule has 0 aromatic rings. The van der Waals surface area contributed by atoms with Crippen molar-refractivity contribution in [3.63, 3.8) is 0 Å². The van der Waals surface area contributed by atoms with E-state index >= 15 is 0 Å². The van der Waals surface area contributed by atoms with Gasteiger partial charge in [0.2, 0.25) is 9.05 Å². The maximum Gasteiger partial charge on any atom is 0.232 e. The van der Waals surface area contributed by atoms with Crippen LogP contribution in [-0.4, -0.2) is 40.6 Å². The van der Waals surface area contributed by atoms with Gasteiger partial charge in [0.05, 0.1) is 12.4 Å². The van der Waals surface area contributed by atoms with Gasteiger partial charge in [-0.1, -0.05) is 6.92 Å². The SMILES string of the molecule is CC(COCC1CCOCC1)CS(=O)(=O)Cl. The van der Waals surface area contributed by atoms with E-state index in [1.165, 1.54) is 0 Å². The van der Waals surface area contributed by atoms with E-state index in [4.69, 9.17) is 20.2 Å². The van der Waals surface area contributed by atoms with Gasteiger partial charge in [0.1, 0.15) is 0 Å². The van der Waals surface area contributed by atoms with E-state index in [-0.39, 0.29) is 11.7 Å². The normalized spacial score (nSPS) is 20.9. The molecule has 1 unspecified atom stereocenters.